The molecule has 154 valence electrons. The number of aliphatic imine (C=N–C) groups is 1. The lowest BCUT2D eigenvalue weighted by Gasteiger charge is -2.13. The number of benzene rings is 2. The SMILES string of the molecule is O=C(O)CC(NC(=O)COc1ccc(C(=O)c2ccc(N=C=S)cc2)cc1)C(=O)O. The largest absolute Gasteiger partial charge is 0.484 e. The van der Waals surface area contributed by atoms with E-state index in [0.717, 1.165) is 0 Å². The topological polar surface area (TPSA) is 142 Å². The molecule has 9 nitrogen and oxygen atoms in total. The average molecular weight is 428 g/mol. The van der Waals surface area contributed by atoms with Crippen LogP contribution in [0.4, 0.5) is 5.69 Å². The van der Waals surface area contributed by atoms with Crippen LogP contribution in [0.5, 0.6) is 5.75 Å². The van der Waals surface area contributed by atoms with Crippen LogP contribution in [-0.2, 0) is 14.4 Å². The van der Waals surface area contributed by atoms with Gasteiger partial charge in [0.1, 0.15) is 11.8 Å². The number of hydrogen-bond acceptors (Lipinski definition) is 7. The van der Waals surface area contributed by atoms with Crippen molar-refractivity contribution in [3.8, 4) is 5.75 Å². The van der Waals surface area contributed by atoms with Crippen molar-refractivity contribution in [1.29, 1.82) is 0 Å². The molecule has 1 unspecified atom stereocenters. The number of ketones is 1. The van der Waals surface area contributed by atoms with Crippen LogP contribution < -0.4 is 10.1 Å². The first kappa shape index (κ1) is 22.4. The molecule has 0 saturated heterocycles. The molecule has 2 rings (SSSR count). The molecule has 3 N–H and O–H groups in total. The van der Waals surface area contributed by atoms with E-state index in [2.05, 4.69) is 27.7 Å². The highest BCUT2D eigenvalue weighted by Crippen LogP contribution is 2.18. The summed E-state index contributed by atoms with van der Waals surface area (Å²) >= 11 is 4.52. The van der Waals surface area contributed by atoms with Crippen molar-refractivity contribution in [1.82, 2.24) is 5.32 Å². The molecule has 2 aromatic rings. The van der Waals surface area contributed by atoms with E-state index in [1.54, 1.807) is 24.3 Å². The maximum absolute atomic E-state index is 12.5. The first-order valence-electron chi connectivity index (χ1n) is 8.49. The Labute approximate surface area is 176 Å². The molecule has 0 heterocycles. The van der Waals surface area contributed by atoms with Crippen LogP contribution in [0.1, 0.15) is 22.3 Å². The van der Waals surface area contributed by atoms with Gasteiger partial charge in [-0.25, -0.2) is 4.79 Å². The summed E-state index contributed by atoms with van der Waals surface area (Å²) in [6, 6.07) is 10.9. The second kappa shape index (κ2) is 10.6. The van der Waals surface area contributed by atoms with E-state index >= 15 is 0 Å². The normalized spacial score (nSPS) is 10.9. The number of nitrogens with one attached hydrogen (secondary N) is 1. The molecule has 30 heavy (non-hydrogen) atoms. The van der Waals surface area contributed by atoms with Crippen LogP contribution >= 0.6 is 12.2 Å². The summed E-state index contributed by atoms with van der Waals surface area (Å²) in [6.45, 7) is -0.515. The fourth-order valence-electron chi connectivity index (χ4n) is 2.37. The van der Waals surface area contributed by atoms with Crippen molar-refractivity contribution >= 4 is 46.7 Å². The number of carbonyl (C=O) groups excluding carboxylic acids is 2. The molecular formula is C20H16N2O7S. The second-order valence-electron chi connectivity index (χ2n) is 5.95. The third kappa shape index (κ3) is 6.62. The van der Waals surface area contributed by atoms with Gasteiger partial charge in [0, 0.05) is 11.1 Å². The Hall–Kier alpha value is -3.88. The molecule has 0 aliphatic rings. The van der Waals surface area contributed by atoms with Crippen LogP contribution in [0.25, 0.3) is 0 Å². The van der Waals surface area contributed by atoms with E-state index in [1.165, 1.54) is 24.3 Å². The Morgan fingerprint density at radius 2 is 1.57 bits per heavy atom. The van der Waals surface area contributed by atoms with Crippen LogP contribution in [0.15, 0.2) is 53.5 Å². The minimum atomic E-state index is -1.56. The minimum absolute atomic E-state index is 0.227. The number of aliphatic carboxylic acids is 2. The van der Waals surface area contributed by atoms with Gasteiger partial charge in [0.15, 0.2) is 12.4 Å². The molecule has 1 amide bonds. The number of carboxylic acid groups (broad SMARTS) is 2. The van der Waals surface area contributed by atoms with Gasteiger partial charge in [0.05, 0.1) is 17.3 Å². The van der Waals surface area contributed by atoms with Crippen molar-refractivity contribution in [3.63, 3.8) is 0 Å². The molecule has 0 aromatic heterocycles. The quantitative estimate of drug-likeness (QED) is 0.297. The van der Waals surface area contributed by atoms with Crippen molar-refractivity contribution < 1.29 is 34.1 Å². The molecule has 0 spiro atoms. The maximum atomic E-state index is 12.5. The van der Waals surface area contributed by atoms with Crippen LogP contribution in [0, 0.1) is 0 Å². The van der Waals surface area contributed by atoms with Gasteiger partial charge < -0.3 is 20.3 Å². The number of amides is 1. The van der Waals surface area contributed by atoms with E-state index in [0.29, 0.717) is 16.8 Å². The highest BCUT2D eigenvalue weighted by atomic mass is 32.1. The number of ether oxygens (including phenoxy) is 1. The number of hydrogen-bond donors (Lipinski definition) is 3. The summed E-state index contributed by atoms with van der Waals surface area (Å²) in [5.74, 6) is -3.56. The Morgan fingerprint density at radius 1 is 1.00 bits per heavy atom. The maximum Gasteiger partial charge on any atom is 0.326 e. The van der Waals surface area contributed by atoms with Crippen LogP contribution in [0.3, 0.4) is 0 Å². The third-order valence-electron chi connectivity index (χ3n) is 3.80. The summed E-state index contributed by atoms with van der Waals surface area (Å²) < 4.78 is 5.24. The van der Waals surface area contributed by atoms with Gasteiger partial charge in [0.25, 0.3) is 5.91 Å². The van der Waals surface area contributed by atoms with Crippen molar-refractivity contribution in [2.45, 2.75) is 12.5 Å². The lowest BCUT2D eigenvalue weighted by atomic mass is 10.0. The first-order valence-corrected chi connectivity index (χ1v) is 8.90. The Kier molecular flexibility index (Phi) is 7.92. The van der Waals surface area contributed by atoms with Crippen LogP contribution in [0.2, 0.25) is 0 Å². The standard InChI is InChI=1S/C20H16N2O7S/c23-17(22-16(20(27)28)9-18(24)25)10-29-15-7-3-13(4-8-15)19(26)12-1-5-14(6-2-12)21-11-30/h1-8,16H,9-10H2,(H,22,23)(H,24,25)(H,27,28). The fourth-order valence-corrected chi connectivity index (χ4v) is 2.47. The zero-order valence-electron chi connectivity index (χ0n) is 15.4. The van der Waals surface area contributed by atoms with Gasteiger partial charge >= 0.3 is 11.9 Å². The van der Waals surface area contributed by atoms with E-state index in [1.807, 2.05) is 0 Å². The molecule has 10 heteroatoms. The van der Waals surface area contributed by atoms with Gasteiger partial charge in [-0.15, -0.1) is 0 Å². The molecule has 0 radical (unpaired) electrons. The van der Waals surface area contributed by atoms with Gasteiger partial charge in [-0.05, 0) is 60.7 Å². The number of isothiocyanates is 1. The zero-order chi connectivity index (χ0) is 22.1. The van der Waals surface area contributed by atoms with Crippen molar-refractivity contribution in [2.75, 3.05) is 6.61 Å². The molecular weight excluding hydrogens is 412 g/mol. The Bertz CT molecular complexity index is 997. The first-order chi connectivity index (χ1) is 14.3. The summed E-state index contributed by atoms with van der Waals surface area (Å²) in [5.41, 5.74) is 1.42. The lowest BCUT2D eigenvalue weighted by Crippen LogP contribution is -2.44. The van der Waals surface area contributed by atoms with Gasteiger partial charge in [-0.2, -0.15) is 4.99 Å². The summed E-state index contributed by atoms with van der Waals surface area (Å²) in [4.78, 5) is 49.7. The molecule has 0 bridgehead atoms. The van der Waals surface area contributed by atoms with E-state index < -0.39 is 36.9 Å². The monoisotopic (exact) mass is 428 g/mol. The third-order valence-corrected chi connectivity index (χ3v) is 3.89. The number of thiocarbonyl (C=S) groups is 1. The predicted molar refractivity (Wildman–Crippen MR) is 108 cm³/mol. The molecule has 0 saturated carbocycles. The molecule has 1 atom stereocenters. The lowest BCUT2D eigenvalue weighted by molar-refractivity contribution is -0.147. The summed E-state index contributed by atoms with van der Waals surface area (Å²) in [5, 5.41) is 21.9. The number of nitrogens with zero attached hydrogens (tertiary/aromatic N) is 1. The fraction of sp³-hybridized carbons (Fsp3) is 0.150. The number of carboxylic acids is 2. The van der Waals surface area contributed by atoms with Gasteiger partial charge in [-0.1, -0.05) is 0 Å². The Balaban J connectivity index is 1.94. The van der Waals surface area contributed by atoms with Gasteiger partial charge in [0.2, 0.25) is 0 Å². The summed E-state index contributed by atoms with van der Waals surface area (Å²) in [7, 11) is 0. The Morgan fingerprint density at radius 3 is 2.07 bits per heavy atom. The second-order valence-corrected chi connectivity index (χ2v) is 6.13. The molecule has 0 aliphatic carbocycles. The molecule has 2 aromatic carbocycles. The summed E-state index contributed by atoms with van der Waals surface area (Å²) in [6.07, 6.45) is -0.753. The smallest absolute Gasteiger partial charge is 0.326 e. The number of carbonyl (C=O) groups is 4. The highest BCUT2D eigenvalue weighted by Gasteiger charge is 2.23. The average Bonchev–Trinajstić information content (AvgIpc) is 2.72. The van der Waals surface area contributed by atoms with Crippen molar-refractivity contribution in [3.05, 3.63) is 59.7 Å². The predicted octanol–water partition coefficient (Wildman–Crippen LogP) is 2.07. The van der Waals surface area contributed by atoms with E-state index in [9.17, 15) is 19.2 Å². The van der Waals surface area contributed by atoms with Crippen molar-refractivity contribution in [2.24, 2.45) is 4.99 Å². The number of rotatable bonds is 10. The zero-order valence-corrected chi connectivity index (χ0v) is 16.2. The molecule has 0 aliphatic heterocycles. The van der Waals surface area contributed by atoms with E-state index in [-0.39, 0.29) is 11.5 Å². The van der Waals surface area contributed by atoms with E-state index in [4.69, 9.17) is 14.9 Å². The molecule has 0 fully saturated rings. The van der Waals surface area contributed by atoms with Gasteiger partial charge in [-0.3, -0.25) is 14.4 Å². The minimum Gasteiger partial charge on any atom is -0.484 e. The van der Waals surface area contributed by atoms with Crippen LogP contribution in [-0.4, -0.2) is 51.7 Å². The highest BCUT2D eigenvalue weighted by molar-refractivity contribution is 7.78.